The van der Waals surface area contributed by atoms with E-state index in [2.05, 4.69) is 34.3 Å². The van der Waals surface area contributed by atoms with Crippen LogP contribution in [0.1, 0.15) is 37.1 Å². The van der Waals surface area contributed by atoms with E-state index in [1.807, 2.05) is 0 Å². The first-order valence-electron chi connectivity index (χ1n) is 5.80. The minimum Gasteiger partial charge on any atom is -0.378 e. The lowest BCUT2D eigenvalue weighted by Crippen LogP contribution is -2.33. The van der Waals surface area contributed by atoms with Gasteiger partial charge >= 0.3 is 0 Å². The van der Waals surface area contributed by atoms with E-state index in [0.717, 1.165) is 23.4 Å². The maximum absolute atomic E-state index is 6.21. The number of nitrogens with two attached hydrogens (primary N) is 1. The molecule has 0 saturated heterocycles. The normalized spacial score (nSPS) is 26.4. The molecule has 90 valence electrons. The van der Waals surface area contributed by atoms with Crippen LogP contribution in [0.2, 0.25) is 0 Å². The third kappa shape index (κ3) is 2.86. The van der Waals surface area contributed by atoms with Crippen molar-refractivity contribution >= 4 is 27.3 Å². The number of hydrogen-bond donors (Lipinski definition) is 1. The minimum atomic E-state index is 0.182. The minimum absolute atomic E-state index is 0.182. The lowest BCUT2D eigenvalue weighted by atomic mass is 9.78. The van der Waals surface area contributed by atoms with Gasteiger partial charge in [-0.25, -0.2) is 0 Å². The highest BCUT2D eigenvalue weighted by Crippen LogP contribution is 2.38. The second kappa shape index (κ2) is 5.63. The number of rotatable bonds is 5. The van der Waals surface area contributed by atoms with Gasteiger partial charge in [-0.3, -0.25) is 0 Å². The first-order valence-corrected chi connectivity index (χ1v) is 7.48. The average molecular weight is 304 g/mol. The van der Waals surface area contributed by atoms with E-state index in [1.165, 1.54) is 17.7 Å². The third-order valence-corrected chi connectivity index (χ3v) is 5.17. The van der Waals surface area contributed by atoms with E-state index in [0.29, 0.717) is 6.10 Å². The van der Waals surface area contributed by atoms with Crippen molar-refractivity contribution in [3.63, 3.8) is 0 Å². The van der Waals surface area contributed by atoms with Gasteiger partial charge in [-0.1, -0.05) is 0 Å². The fourth-order valence-electron chi connectivity index (χ4n) is 2.27. The first-order chi connectivity index (χ1) is 7.70. The summed E-state index contributed by atoms with van der Waals surface area (Å²) in [5.41, 5.74) is 6.21. The molecule has 1 aromatic heterocycles. The highest BCUT2D eigenvalue weighted by molar-refractivity contribution is 9.10. The lowest BCUT2D eigenvalue weighted by molar-refractivity contribution is -0.0281. The predicted octanol–water partition coefficient (Wildman–Crippen LogP) is 3.72. The van der Waals surface area contributed by atoms with E-state index in [-0.39, 0.29) is 6.04 Å². The van der Waals surface area contributed by atoms with Crippen LogP contribution in [0, 0.1) is 5.92 Å². The Morgan fingerprint density at radius 1 is 1.62 bits per heavy atom. The Morgan fingerprint density at radius 3 is 2.94 bits per heavy atom. The van der Waals surface area contributed by atoms with Gasteiger partial charge in [-0.05, 0) is 59.5 Å². The van der Waals surface area contributed by atoms with E-state index in [1.54, 1.807) is 11.3 Å². The standard InChI is InChI=1S/C12H18BrNOS/c1-2-15-9-5-8(6-9)7-11(14)12-10(13)3-4-16-12/h3-4,8-9,11H,2,5-7,14H2,1H3. The molecule has 2 rings (SSSR count). The molecule has 1 fully saturated rings. The summed E-state index contributed by atoms with van der Waals surface area (Å²) >= 11 is 5.28. The molecule has 2 N–H and O–H groups in total. The van der Waals surface area contributed by atoms with Crippen molar-refractivity contribution in [1.82, 2.24) is 0 Å². The number of halogens is 1. The van der Waals surface area contributed by atoms with Crippen LogP contribution in [-0.4, -0.2) is 12.7 Å². The molecule has 1 saturated carbocycles. The summed E-state index contributed by atoms with van der Waals surface area (Å²) in [7, 11) is 0. The number of thiophene rings is 1. The highest BCUT2D eigenvalue weighted by Gasteiger charge is 2.31. The average Bonchev–Trinajstić information content (AvgIpc) is 2.61. The topological polar surface area (TPSA) is 35.2 Å². The molecule has 1 aromatic rings. The molecule has 2 nitrogen and oxygen atoms in total. The Bertz CT molecular complexity index is 336. The van der Waals surface area contributed by atoms with Gasteiger partial charge in [0.2, 0.25) is 0 Å². The summed E-state index contributed by atoms with van der Waals surface area (Å²) in [6.45, 7) is 2.89. The van der Waals surface area contributed by atoms with Crippen LogP contribution >= 0.6 is 27.3 Å². The maximum atomic E-state index is 6.21. The van der Waals surface area contributed by atoms with Crippen molar-refractivity contribution in [2.24, 2.45) is 11.7 Å². The monoisotopic (exact) mass is 303 g/mol. The van der Waals surface area contributed by atoms with Crippen molar-refractivity contribution in [1.29, 1.82) is 0 Å². The summed E-state index contributed by atoms with van der Waals surface area (Å²) < 4.78 is 6.71. The molecule has 1 heterocycles. The fraction of sp³-hybridized carbons (Fsp3) is 0.667. The number of hydrogen-bond acceptors (Lipinski definition) is 3. The van der Waals surface area contributed by atoms with Crippen molar-refractivity contribution in [3.8, 4) is 0 Å². The predicted molar refractivity (Wildman–Crippen MR) is 71.7 cm³/mol. The van der Waals surface area contributed by atoms with Crippen LogP contribution in [0.4, 0.5) is 0 Å². The van der Waals surface area contributed by atoms with E-state index < -0.39 is 0 Å². The SMILES string of the molecule is CCOC1CC(CC(N)c2sccc2Br)C1. The van der Waals surface area contributed by atoms with E-state index in [9.17, 15) is 0 Å². The van der Waals surface area contributed by atoms with Gasteiger partial charge in [0.15, 0.2) is 0 Å². The summed E-state index contributed by atoms with van der Waals surface area (Å²) in [6, 6.07) is 2.26. The molecule has 4 heteroatoms. The molecule has 0 radical (unpaired) electrons. The van der Waals surface area contributed by atoms with Gasteiger partial charge in [0.25, 0.3) is 0 Å². The van der Waals surface area contributed by atoms with Crippen molar-refractivity contribution < 1.29 is 4.74 Å². The third-order valence-electron chi connectivity index (χ3n) is 3.16. The second-order valence-corrected chi connectivity index (χ2v) is 6.19. The van der Waals surface area contributed by atoms with Gasteiger partial charge in [0.1, 0.15) is 0 Å². The Morgan fingerprint density at radius 2 is 2.38 bits per heavy atom. The Labute approximate surface area is 109 Å². The molecule has 1 unspecified atom stereocenters. The molecule has 0 aliphatic heterocycles. The summed E-state index contributed by atoms with van der Waals surface area (Å²) in [4.78, 5) is 1.28. The Kier molecular flexibility index (Phi) is 4.41. The summed E-state index contributed by atoms with van der Waals surface area (Å²) in [5.74, 6) is 0.751. The molecule has 16 heavy (non-hydrogen) atoms. The van der Waals surface area contributed by atoms with Crippen LogP contribution in [0.3, 0.4) is 0 Å². The molecular weight excluding hydrogens is 286 g/mol. The number of ether oxygens (including phenoxy) is 1. The van der Waals surface area contributed by atoms with Gasteiger partial charge in [-0.15, -0.1) is 11.3 Å². The van der Waals surface area contributed by atoms with Crippen LogP contribution in [0.25, 0.3) is 0 Å². The van der Waals surface area contributed by atoms with Gasteiger partial charge in [0.05, 0.1) is 6.10 Å². The molecule has 1 aliphatic carbocycles. The highest BCUT2D eigenvalue weighted by atomic mass is 79.9. The largest absolute Gasteiger partial charge is 0.378 e. The van der Waals surface area contributed by atoms with Crippen LogP contribution in [-0.2, 0) is 4.74 Å². The van der Waals surface area contributed by atoms with E-state index in [4.69, 9.17) is 10.5 Å². The van der Waals surface area contributed by atoms with Crippen LogP contribution in [0.15, 0.2) is 15.9 Å². The van der Waals surface area contributed by atoms with Crippen LogP contribution < -0.4 is 5.73 Å². The van der Waals surface area contributed by atoms with E-state index >= 15 is 0 Å². The summed E-state index contributed by atoms with van der Waals surface area (Å²) in [5, 5.41) is 2.09. The zero-order valence-corrected chi connectivity index (χ0v) is 11.9. The maximum Gasteiger partial charge on any atom is 0.0580 e. The molecule has 1 atom stereocenters. The molecule has 0 amide bonds. The van der Waals surface area contributed by atoms with Crippen LogP contribution in [0.5, 0.6) is 0 Å². The molecule has 0 aromatic carbocycles. The Hall–Kier alpha value is 0.100. The zero-order chi connectivity index (χ0) is 11.5. The summed E-state index contributed by atoms with van der Waals surface area (Å²) in [6.07, 6.45) is 3.95. The quantitative estimate of drug-likeness (QED) is 0.900. The van der Waals surface area contributed by atoms with Gasteiger partial charge in [-0.2, -0.15) is 0 Å². The molecule has 0 spiro atoms. The Balaban J connectivity index is 1.77. The van der Waals surface area contributed by atoms with Gasteiger partial charge < -0.3 is 10.5 Å². The van der Waals surface area contributed by atoms with Crippen molar-refractivity contribution in [3.05, 3.63) is 20.8 Å². The smallest absolute Gasteiger partial charge is 0.0580 e. The molecular formula is C12H18BrNOS. The fourth-order valence-corrected chi connectivity index (χ4v) is 3.96. The second-order valence-electron chi connectivity index (χ2n) is 4.39. The molecule has 1 aliphatic rings. The van der Waals surface area contributed by atoms with Crippen molar-refractivity contribution in [2.75, 3.05) is 6.61 Å². The zero-order valence-electron chi connectivity index (χ0n) is 9.49. The van der Waals surface area contributed by atoms with Crippen molar-refractivity contribution in [2.45, 2.75) is 38.3 Å². The molecule has 0 bridgehead atoms. The first kappa shape index (κ1) is 12.6. The lowest BCUT2D eigenvalue weighted by Gasteiger charge is -2.36. The van der Waals surface area contributed by atoms with Gasteiger partial charge in [0, 0.05) is 22.0 Å².